The highest BCUT2D eigenvalue weighted by molar-refractivity contribution is 5.86. The van der Waals surface area contributed by atoms with Gasteiger partial charge in [-0.2, -0.15) is 0 Å². The first-order valence-electron chi connectivity index (χ1n) is 4.47. The lowest BCUT2D eigenvalue weighted by atomic mass is 10.4. The molecule has 1 unspecified atom stereocenters. The molecule has 0 heterocycles. The molecule has 15 heavy (non-hydrogen) atoms. The van der Waals surface area contributed by atoms with Crippen molar-refractivity contribution in [2.75, 3.05) is 19.7 Å². The molecule has 1 atom stereocenters. The highest BCUT2D eigenvalue weighted by atomic mass is 16.6. The predicted octanol–water partition coefficient (Wildman–Crippen LogP) is -0.325. The normalized spacial score (nSPS) is 14.1. The fraction of sp³-hybridized carbons (Fsp3) is 0.556. The largest absolute Gasteiger partial charge is 0.496 e. The summed E-state index contributed by atoms with van der Waals surface area (Å²) in [6, 6.07) is 0. The first-order chi connectivity index (χ1) is 6.83. The van der Waals surface area contributed by atoms with E-state index in [1.165, 1.54) is 13.8 Å². The summed E-state index contributed by atoms with van der Waals surface area (Å²) in [5.41, 5.74) is 0.219. The second kappa shape index (κ2) is 5.47. The Bertz CT molecular complexity index is 276. The maximum atomic E-state index is 10.9. The van der Waals surface area contributed by atoms with Gasteiger partial charge in [-0.1, -0.05) is 6.58 Å². The van der Waals surface area contributed by atoms with Gasteiger partial charge in [0, 0.05) is 5.57 Å². The van der Waals surface area contributed by atoms with Crippen molar-refractivity contribution in [3.8, 4) is 0 Å². The van der Waals surface area contributed by atoms with Gasteiger partial charge in [-0.25, -0.2) is 10.0 Å². The number of hydrogen-bond acceptors (Lipinski definition) is 5. The number of ether oxygens (including phenoxy) is 1. The summed E-state index contributed by atoms with van der Waals surface area (Å²) in [6.45, 7) is 5.79. The van der Waals surface area contributed by atoms with Crippen LogP contribution >= 0.6 is 0 Å². The minimum absolute atomic E-state index is 0.0625. The Hall–Kier alpha value is -1.40. The molecule has 0 aliphatic heterocycles. The Kier molecular flexibility index (Phi) is 4.96. The van der Waals surface area contributed by atoms with E-state index in [4.69, 9.17) is 0 Å². The number of hydrogen-bond donors (Lipinski definition) is 1. The molecule has 6 nitrogen and oxygen atoms in total. The van der Waals surface area contributed by atoms with Crippen molar-refractivity contribution in [2.45, 2.75) is 13.8 Å². The molecule has 0 fully saturated rings. The molecular weight excluding hydrogens is 202 g/mol. The molecular formula is C9H15NO5. The smallest absolute Gasteiger partial charge is 0.333 e. The average Bonchev–Trinajstić information content (AvgIpc) is 2.16. The Balaban J connectivity index is 4.09. The average molecular weight is 217 g/mol. The lowest BCUT2D eigenvalue weighted by Crippen LogP contribution is -2.57. The number of carboxylic acid groups (broad SMARTS) is 1. The van der Waals surface area contributed by atoms with Gasteiger partial charge in [0.15, 0.2) is 0 Å². The van der Waals surface area contributed by atoms with Gasteiger partial charge >= 0.3 is 5.97 Å². The first-order valence-corrected chi connectivity index (χ1v) is 4.47. The summed E-state index contributed by atoms with van der Waals surface area (Å²) in [4.78, 5) is 21.4. The Morgan fingerprint density at radius 1 is 1.53 bits per heavy atom. The van der Waals surface area contributed by atoms with Gasteiger partial charge in [0.05, 0.1) is 0 Å². The van der Waals surface area contributed by atoms with E-state index < -0.39 is 16.7 Å². The van der Waals surface area contributed by atoms with E-state index in [1.807, 2.05) is 0 Å². The van der Waals surface area contributed by atoms with Gasteiger partial charge < -0.3 is 14.6 Å². The molecule has 0 radical (unpaired) electrons. The van der Waals surface area contributed by atoms with E-state index in [9.17, 15) is 19.9 Å². The SMILES string of the molecule is C=C(C)C(=O)OCC[N+](O)(CC)C(=O)[O-]. The van der Waals surface area contributed by atoms with E-state index in [1.54, 1.807) is 0 Å². The minimum atomic E-state index is -1.62. The third-order valence-electron chi connectivity index (χ3n) is 1.91. The van der Waals surface area contributed by atoms with Crippen LogP contribution in [0.25, 0.3) is 0 Å². The molecule has 0 bridgehead atoms. The van der Waals surface area contributed by atoms with Gasteiger partial charge in [-0.15, -0.1) is 4.65 Å². The number of nitrogens with zero attached hydrogens (tertiary/aromatic N) is 1. The molecule has 0 saturated heterocycles. The van der Waals surface area contributed by atoms with E-state index in [0.29, 0.717) is 0 Å². The number of likely N-dealkylation sites (N-methyl/N-ethyl adjacent to an activating group) is 1. The molecule has 0 aromatic heterocycles. The Morgan fingerprint density at radius 3 is 2.40 bits per heavy atom. The van der Waals surface area contributed by atoms with Gasteiger partial charge in [-0.3, -0.25) is 0 Å². The Morgan fingerprint density at radius 2 is 2.07 bits per heavy atom. The monoisotopic (exact) mass is 217 g/mol. The van der Waals surface area contributed by atoms with Crippen molar-refractivity contribution < 1.29 is 29.3 Å². The number of carbonyl (C=O) groups is 2. The number of quaternary nitrogens is 1. The second-order valence-corrected chi connectivity index (χ2v) is 3.14. The first kappa shape index (κ1) is 13.6. The van der Waals surface area contributed by atoms with E-state index >= 15 is 0 Å². The lowest BCUT2D eigenvalue weighted by Gasteiger charge is -2.27. The number of amides is 1. The highest BCUT2D eigenvalue weighted by Crippen LogP contribution is 2.01. The highest BCUT2D eigenvalue weighted by Gasteiger charge is 2.26. The number of esters is 1. The Labute approximate surface area is 87.9 Å². The fourth-order valence-corrected chi connectivity index (χ4v) is 0.791. The quantitative estimate of drug-likeness (QED) is 0.224. The van der Waals surface area contributed by atoms with Gasteiger partial charge in [0.1, 0.15) is 19.7 Å². The molecule has 86 valence electrons. The zero-order valence-electron chi connectivity index (χ0n) is 8.86. The van der Waals surface area contributed by atoms with Crippen molar-refractivity contribution in [3.63, 3.8) is 0 Å². The van der Waals surface area contributed by atoms with Crippen LogP contribution in [-0.4, -0.2) is 41.6 Å². The van der Waals surface area contributed by atoms with Crippen LogP contribution in [-0.2, 0) is 9.53 Å². The molecule has 1 N–H and O–H groups in total. The van der Waals surface area contributed by atoms with Crippen molar-refractivity contribution in [3.05, 3.63) is 12.2 Å². The van der Waals surface area contributed by atoms with Crippen LogP contribution in [0.15, 0.2) is 12.2 Å². The zero-order valence-corrected chi connectivity index (χ0v) is 8.86. The minimum Gasteiger partial charge on any atom is -0.496 e. The summed E-state index contributed by atoms with van der Waals surface area (Å²) in [5.74, 6) is -0.615. The fourth-order valence-electron chi connectivity index (χ4n) is 0.791. The maximum Gasteiger partial charge on any atom is 0.333 e. The van der Waals surface area contributed by atoms with Crippen molar-refractivity contribution in [1.82, 2.24) is 0 Å². The third-order valence-corrected chi connectivity index (χ3v) is 1.91. The molecule has 0 aromatic carbocycles. The van der Waals surface area contributed by atoms with Crippen molar-refractivity contribution in [1.29, 1.82) is 0 Å². The molecule has 0 aromatic rings. The standard InChI is InChI=1S/C9H15NO5/c1-4-10(14,9(12)13)5-6-15-8(11)7(2)3/h14H,2,4-6H2,1,3H3. The van der Waals surface area contributed by atoms with Crippen LogP contribution in [0.3, 0.4) is 0 Å². The summed E-state index contributed by atoms with van der Waals surface area (Å²) in [7, 11) is 0. The summed E-state index contributed by atoms with van der Waals surface area (Å²) in [5, 5.41) is 19.9. The van der Waals surface area contributed by atoms with Crippen LogP contribution in [0.4, 0.5) is 4.79 Å². The van der Waals surface area contributed by atoms with E-state index in [-0.39, 0.29) is 25.3 Å². The van der Waals surface area contributed by atoms with Crippen LogP contribution in [0, 0.1) is 0 Å². The van der Waals surface area contributed by atoms with Crippen LogP contribution < -0.4 is 5.11 Å². The van der Waals surface area contributed by atoms with Crippen LogP contribution in [0.5, 0.6) is 0 Å². The molecule has 1 amide bonds. The van der Waals surface area contributed by atoms with Gasteiger partial charge in [-0.05, 0) is 13.8 Å². The van der Waals surface area contributed by atoms with Gasteiger partial charge in [0.25, 0.3) is 6.09 Å². The van der Waals surface area contributed by atoms with E-state index in [0.717, 1.165) is 0 Å². The molecule has 0 aliphatic carbocycles. The second-order valence-electron chi connectivity index (χ2n) is 3.14. The van der Waals surface area contributed by atoms with Crippen molar-refractivity contribution >= 4 is 12.1 Å². The summed E-state index contributed by atoms with van der Waals surface area (Å²) >= 11 is 0. The predicted molar refractivity (Wildman–Crippen MR) is 48.6 cm³/mol. The molecule has 6 heteroatoms. The van der Waals surface area contributed by atoms with Crippen molar-refractivity contribution in [2.24, 2.45) is 0 Å². The molecule has 0 rings (SSSR count). The zero-order chi connectivity index (χ0) is 12.1. The number of rotatable bonds is 5. The van der Waals surface area contributed by atoms with Crippen LogP contribution in [0.1, 0.15) is 13.8 Å². The third kappa shape index (κ3) is 4.09. The number of hydroxylamine groups is 3. The lowest BCUT2D eigenvalue weighted by molar-refractivity contribution is -1.05. The number of carbonyl (C=O) groups excluding carboxylic acids is 2. The van der Waals surface area contributed by atoms with Crippen LogP contribution in [0.2, 0.25) is 0 Å². The molecule has 0 aliphatic rings. The van der Waals surface area contributed by atoms with E-state index in [2.05, 4.69) is 11.3 Å². The summed E-state index contributed by atoms with van der Waals surface area (Å²) in [6.07, 6.45) is -1.62. The molecule has 0 spiro atoms. The topological polar surface area (TPSA) is 86.7 Å². The van der Waals surface area contributed by atoms with Gasteiger partial charge in [0.2, 0.25) is 0 Å². The maximum absolute atomic E-state index is 10.9. The summed E-state index contributed by atoms with van der Waals surface area (Å²) < 4.78 is 3.37. The molecule has 0 saturated carbocycles.